The molecule has 0 atom stereocenters. The molecule has 13 rings (SSSR count). The van der Waals surface area contributed by atoms with Crippen molar-refractivity contribution < 1.29 is 0 Å². The molecular weight excluding hydrogens is 783 g/mol. The second kappa shape index (κ2) is 14.3. The lowest BCUT2D eigenvalue weighted by atomic mass is 9.69. The second-order valence-corrected chi connectivity index (χ2v) is 18.4. The van der Waals surface area contributed by atoms with Gasteiger partial charge in [0.15, 0.2) is 0 Å². The fourth-order valence-corrected chi connectivity index (χ4v) is 11.7. The second-order valence-electron chi connectivity index (χ2n) is 18.4. The molecule has 0 saturated carbocycles. The highest BCUT2D eigenvalue weighted by Gasteiger charge is 2.54. The van der Waals surface area contributed by atoms with Crippen LogP contribution in [0.2, 0.25) is 0 Å². The zero-order chi connectivity index (χ0) is 43.3. The van der Waals surface area contributed by atoms with Gasteiger partial charge >= 0.3 is 0 Å². The molecule has 0 heterocycles. The van der Waals surface area contributed by atoms with Crippen LogP contribution in [0, 0.1) is 0 Å². The molecule has 10 aromatic rings. The van der Waals surface area contributed by atoms with E-state index in [1.807, 2.05) is 0 Å². The summed E-state index contributed by atoms with van der Waals surface area (Å²) >= 11 is 0. The van der Waals surface area contributed by atoms with Gasteiger partial charge in [0.25, 0.3) is 0 Å². The smallest absolute Gasteiger partial charge is 0.0726 e. The number of benzene rings is 10. The first-order valence-corrected chi connectivity index (χ1v) is 22.8. The van der Waals surface area contributed by atoms with Crippen molar-refractivity contribution in [2.45, 2.75) is 24.7 Å². The van der Waals surface area contributed by atoms with Gasteiger partial charge in [0.2, 0.25) is 0 Å². The quantitative estimate of drug-likeness (QED) is 0.161. The van der Waals surface area contributed by atoms with E-state index in [1.165, 1.54) is 106 Å². The Balaban J connectivity index is 1.17. The zero-order valence-electron chi connectivity index (χ0n) is 36.5. The van der Waals surface area contributed by atoms with Gasteiger partial charge in [-0.05, 0) is 119 Å². The summed E-state index contributed by atoms with van der Waals surface area (Å²) in [4.78, 5) is 2.59. The van der Waals surface area contributed by atoms with Gasteiger partial charge in [-0.2, -0.15) is 0 Å². The Hall–Kier alpha value is -8.00. The fourth-order valence-electron chi connectivity index (χ4n) is 11.7. The number of hydrogen-bond acceptors (Lipinski definition) is 1. The van der Waals surface area contributed by atoms with Crippen LogP contribution in [0.3, 0.4) is 0 Å². The molecule has 65 heavy (non-hydrogen) atoms. The van der Waals surface area contributed by atoms with Gasteiger partial charge in [0.05, 0.1) is 11.1 Å². The summed E-state index contributed by atoms with van der Waals surface area (Å²) in [6.07, 6.45) is 0. The Morgan fingerprint density at radius 1 is 0.277 bits per heavy atom. The van der Waals surface area contributed by atoms with E-state index in [-0.39, 0.29) is 5.41 Å². The number of anilines is 3. The number of fused-ring (bicyclic) bond motifs is 13. The Morgan fingerprint density at radius 2 is 0.662 bits per heavy atom. The molecule has 0 aromatic heterocycles. The molecule has 0 radical (unpaired) electrons. The standard InChI is InChI=1S/C64H45N/c1-63(2)54-39-34-47(44-22-10-5-11-23-44)40-53(54)61-58(63)41-59-60(52-26-14-17-29-57(52)64(59)55-27-15-12-24-50(55)51-25-13-16-28-56(51)64)62(61)65(48-35-30-45(31-36-48)42-18-6-3-7-19-42)49-37-32-46(33-38-49)43-20-8-4-9-21-43/h3-41H,1-2H3. The van der Waals surface area contributed by atoms with Crippen LogP contribution in [-0.2, 0) is 10.8 Å². The maximum atomic E-state index is 2.63. The van der Waals surface area contributed by atoms with Crippen molar-refractivity contribution in [3.8, 4) is 66.8 Å². The van der Waals surface area contributed by atoms with Crippen molar-refractivity contribution in [3.63, 3.8) is 0 Å². The van der Waals surface area contributed by atoms with E-state index in [9.17, 15) is 0 Å². The minimum atomic E-state index is -0.511. The lowest BCUT2D eigenvalue weighted by molar-refractivity contribution is 0.657. The number of rotatable bonds is 6. The lowest BCUT2D eigenvalue weighted by Gasteiger charge is -2.34. The molecule has 1 nitrogen and oxygen atoms in total. The highest BCUT2D eigenvalue weighted by Crippen LogP contribution is 2.68. The summed E-state index contributed by atoms with van der Waals surface area (Å²) in [7, 11) is 0. The average Bonchev–Trinajstić information content (AvgIpc) is 3.93. The van der Waals surface area contributed by atoms with E-state index in [4.69, 9.17) is 0 Å². The van der Waals surface area contributed by atoms with E-state index in [2.05, 4.69) is 255 Å². The summed E-state index contributed by atoms with van der Waals surface area (Å²) in [5, 5.41) is 0. The summed E-state index contributed by atoms with van der Waals surface area (Å²) < 4.78 is 0. The molecule has 0 unspecified atom stereocenters. The molecule has 0 N–H and O–H groups in total. The topological polar surface area (TPSA) is 3.24 Å². The van der Waals surface area contributed by atoms with E-state index >= 15 is 0 Å². The third kappa shape index (κ3) is 5.39. The Morgan fingerprint density at radius 3 is 1.17 bits per heavy atom. The number of hydrogen-bond donors (Lipinski definition) is 0. The summed E-state index contributed by atoms with van der Waals surface area (Å²) in [5.74, 6) is 0. The van der Waals surface area contributed by atoms with Crippen molar-refractivity contribution in [3.05, 3.63) is 270 Å². The zero-order valence-corrected chi connectivity index (χ0v) is 36.5. The predicted octanol–water partition coefficient (Wildman–Crippen LogP) is 16.8. The normalized spacial score (nSPS) is 13.9. The van der Waals surface area contributed by atoms with Crippen molar-refractivity contribution in [2.24, 2.45) is 0 Å². The van der Waals surface area contributed by atoms with Crippen LogP contribution in [0.15, 0.2) is 237 Å². The Labute approximate surface area is 381 Å². The highest BCUT2D eigenvalue weighted by atomic mass is 15.1. The van der Waals surface area contributed by atoms with Gasteiger partial charge in [-0.15, -0.1) is 0 Å². The van der Waals surface area contributed by atoms with Crippen LogP contribution in [-0.4, -0.2) is 0 Å². The monoisotopic (exact) mass is 827 g/mol. The molecule has 3 aliphatic carbocycles. The van der Waals surface area contributed by atoms with Crippen molar-refractivity contribution >= 4 is 17.1 Å². The van der Waals surface area contributed by atoms with Crippen LogP contribution in [0.5, 0.6) is 0 Å². The van der Waals surface area contributed by atoms with Crippen molar-refractivity contribution in [1.29, 1.82) is 0 Å². The Kier molecular flexibility index (Phi) is 8.24. The molecule has 1 spiro atoms. The molecule has 306 valence electrons. The van der Waals surface area contributed by atoms with Crippen LogP contribution < -0.4 is 4.90 Å². The maximum absolute atomic E-state index is 2.63. The molecule has 1 heteroatoms. The molecule has 3 aliphatic rings. The van der Waals surface area contributed by atoms with Crippen LogP contribution in [0.25, 0.3) is 66.8 Å². The van der Waals surface area contributed by atoms with E-state index in [0.29, 0.717) is 0 Å². The molecule has 0 bridgehead atoms. The number of nitrogens with zero attached hydrogens (tertiary/aromatic N) is 1. The van der Waals surface area contributed by atoms with Crippen molar-refractivity contribution in [1.82, 2.24) is 0 Å². The SMILES string of the molecule is CC1(C)c2ccc(-c3ccccc3)cc2-c2c1cc1c(c2N(c2ccc(-c3ccccc3)cc2)c2ccc(-c3ccccc3)cc2)-c2ccccc2C12c1ccccc1-c1ccccc12. The predicted molar refractivity (Wildman–Crippen MR) is 271 cm³/mol. The van der Waals surface area contributed by atoms with E-state index in [1.54, 1.807) is 0 Å². The lowest BCUT2D eigenvalue weighted by Crippen LogP contribution is -2.27. The van der Waals surface area contributed by atoms with Gasteiger partial charge in [-0.3, -0.25) is 0 Å². The maximum Gasteiger partial charge on any atom is 0.0726 e. The summed E-state index contributed by atoms with van der Waals surface area (Å²) in [5.41, 5.74) is 25.8. The molecule has 0 fully saturated rings. The first-order valence-electron chi connectivity index (χ1n) is 22.8. The molecule has 0 amide bonds. The molecule has 0 saturated heterocycles. The first kappa shape index (κ1) is 37.5. The molecular formula is C64H45N. The van der Waals surface area contributed by atoms with E-state index in [0.717, 1.165) is 11.4 Å². The molecule has 10 aromatic carbocycles. The minimum Gasteiger partial charge on any atom is -0.309 e. The van der Waals surface area contributed by atoms with Crippen molar-refractivity contribution in [2.75, 3.05) is 4.90 Å². The molecule has 0 aliphatic heterocycles. The van der Waals surface area contributed by atoms with Crippen LogP contribution in [0.1, 0.15) is 47.2 Å². The summed E-state index contributed by atoms with van der Waals surface area (Å²) in [6.45, 7) is 4.88. The summed E-state index contributed by atoms with van der Waals surface area (Å²) in [6, 6.07) is 88.3. The van der Waals surface area contributed by atoms with E-state index < -0.39 is 5.41 Å². The van der Waals surface area contributed by atoms with Crippen LogP contribution >= 0.6 is 0 Å². The average molecular weight is 828 g/mol. The van der Waals surface area contributed by atoms with Gasteiger partial charge < -0.3 is 4.90 Å². The van der Waals surface area contributed by atoms with Gasteiger partial charge in [-0.1, -0.05) is 220 Å². The minimum absolute atomic E-state index is 0.294. The van der Waals surface area contributed by atoms with Gasteiger partial charge in [-0.25, -0.2) is 0 Å². The first-order chi connectivity index (χ1) is 32.0. The third-order valence-electron chi connectivity index (χ3n) is 14.7. The van der Waals surface area contributed by atoms with Crippen LogP contribution in [0.4, 0.5) is 17.1 Å². The van der Waals surface area contributed by atoms with Gasteiger partial charge in [0, 0.05) is 27.9 Å². The fraction of sp³-hybridized carbons (Fsp3) is 0.0625. The largest absolute Gasteiger partial charge is 0.309 e. The highest BCUT2D eigenvalue weighted by molar-refractivity contribution is 6.09. The third-order valence-corrected chi connectivity index (χ3v) is 14.7. The Bertz CT molecular complexity index is 3340. The van der Waals surface area contributed by atoms with Gasteiger partial charge in [0.1, 0.15) is 0 Å².